The third kappa shape index (κ3) is 5.99. The minimum Gasteiger partial charge on any atom is -0.355 e. The predicted octanol–water partition coefficient (Wildman–Crippen LogP) is 1.44. The Labute approximate surface area is 199 Å². The summed E-state index contributed by atoms with van der Waals surface area (Å²) in [7, 11) is -3.50. The first-order valence-electron chi connectivity index (χ1n) is 11.4. The molecule has 182 valence electrons. The molecule has 0 saturated carbocycles. The van der Waals surface area contributed by atoms with E-state index in [1.165, 1.54) is 33.0 Å². The van der Waals surface area contributed by atoms with Gasteiger partial charge in [0.15, 0.2) is 0 Å². The standard InChI is InChI=1S/C24H29FN4O4S/c25-21-7-4-8-22(16-21)29-18-20(15-23(29)30)24(31)26-9-14-34(32,33)28-12-10-27(11-13-28)17-19-5-2-1-3-6-19/h1-8,16,20H,9-15,17-18H2,(H,26,31). The van der Waals surface area contributed by atoms with Crippen LogP contribution in [0.25, 0.3) is 0 Å². The van der Waals surface area contributed by atoms with Crippen molar-refractivity contribution in [1.29, 1.82) is 0 Å². The Hall–Kier alpha value is -2.82. The topological polar surface area (TPSA) is 90.0 Å². The molecule has 2 aromatic rings. The highest BCUT2D eigenvalue weighted by atomic mass is 32.2. The Balaban J connectivity index is 1.21. The van der Waals surface area contributed by atoms with E-state index in [1.807, 2.05) is 18.2 Å². The molecule has 0 spiro atoms. The minimum atomic E-state index is -3.50. The van der Waals surface area contributed by atoms with Gasteiger partial charge in [-0.1, -0.05) is 36.4 Å². The summed E-state index contributed by atoms with van der Waals surface area (Å²) in [6, 6.07) is 15.7. The Kier molecular flexibility index (Phi) is 7.60. The fraction of sp³-hybridized carbons (Fsp3) is 0.417. The van der Waals surface area contributed by atoms with Crippen molar-refractivity contribution in [3.05, 3.63) is 66.0 Å². The number of nitrogens with zero attached hydrogens (tertiary/aromatic N) is 3. The molecule has 2 aliphatic heterocycles. The Morgan fingerprint density at radius 3 is 2.47 bits per heavy atom. The molecule has 10 heteroatoms. The maximum absolute atomic E-state index is 13.5. The minimum absolute atomic E-state index is 0.0124. The molecule has 2 fully saturated rings. The van der Waals surface area contributed by atoms with E-state index in [0.717, 1.165) is 6.54 Å². The fourth-order valence-electron chi connectivity index (χ4n) is 4.36. The molecule has 34 heavy (non-hydrogen) atoms. The summed E-state index contributed by atoms with van der Waals surface area (Å²) in [6.07, 6.45) is 0.0124. The van der Waals surface area contributed by atoms with Crippen LogP contribution in [-0.4, -0.2) is 74.5 Å². The predicted molar refractivity (Wildman–Crippen MR) is 127 cm³/mol. The molecule has 0 bridgehead atoms. The zero-order chi connectivity index (χ0) is 24.1. The Bertz CT molecular complexity index is 1120. The lowest BCUT2D eigenvalue weighted by Crippen LogP contribution is -2.49. The number of sulfonamides is 1. The molecule has 2 amide bonds. The van der Waals surface area contributed by atoms with Crippen LogP contribution in [0.5, 0.6) is 0 Å². The lowest BCUT2D eigenvalue weighted by molar-refractivity contribution is -0.126. The SMILES string of the molecule is O=C(NCCS(=O)(=O)N1CCN(Cc2ccccc2)CC1)C1CC(=O)N(c2cccc(F)c2)C1. The van der Waals surface area contributed by atoms with Gasteiger partial charge in [-0.15, -0.1) is 0 Å². The first kappa shape index (κ1) is 24.3. The number of benzene rings is 2. The molecule has 2 aliphatic rings. The van der Waals surface area contributed by atoms with E-state index in [-0.39, 0.29) is 37.1 Å². The van der Waals surface area contributed by atoms with Crippen LogP contribution in [0.15, 0.2) is 54.6 Å². The zero-order valence-electron chi connectivity index (χ0n) is 18.9. The van der Waals surface area contributed by atoms with E-state index in [2.05, 4.69) is 22.3 Å². The molecular formula is C24H29FN4O4S. The van der Waals surface area contributed by atoms with E-state index in [4.69, 9.17) is 0 Å². The van der Waals surface area contributed by atoms with Gasteiger partial charge in [-0.05, 0) is 23.8 Å². The van der Waals surface area contributed by atoms with Crippen LogP contribution in [0.3, 0.4) is 0 Å². The maximum atomic E-state index is 13.5. The van der Waals surface area contributed by atoms with Gasteiger partial charge >= 0.3 is 0 Å². The molecule has 0 aliphatic carbocycles. The molecule has 2 heterocycles. The number of amides is 2. The highest BCUT2D eigenvalue weighted by Crippen LogP contribution is 2.25. The van der Waals surface area contributed by atoms with Crippen molar-refractivity contribution in [3.8, 4) is 0 Å². The average molecular weight is 489 g/mol. The summed E-state index contributed by atoms with van der Waals surface area (Å²) in [5, 5.41) is 2.66. The molecule has 0 aromatic heterocycles. The van der Waals surface area contributed by atoms with Crippen LogP contribution >= 0.6 is 0 Å². The quantitative estimate of drug-likeness (QED) is 0.608. The first-order chi connectivity index (χ1) is 16.3. The van der Waals surface area contributed by atoms with Crippen LogP contribution in [0.1, 0.15) is 12.0 Å². The summed E-state index contributed by atoms with van der Waals surface area (Å²) >= 11 is 0. The molecular weight excluding hydrogens is 459 g/mol. The van der Waals surface area contributed by atoms with Gasteiger partial charge in [0, 0.05) is 57.9 Å². The van der Waals surface area contributed by atoms with Crippen LogP contribution in [0, 0.1) is 11.7 Å². The van der Waals surface area contributed by atoms with Gasteiger partial charge in [-0.2, -0.15) is 4.31 Å². The second-order valence-electron chi connectivity index (χ2n) is 8.65. The van der Waals surface area contributed by atoms with Crippen molar-refractivity contribution in [2.75, 3.05) is 49.9 Å². The average Bonchev–Trinajstić information content (AvgIpc) is 3.22. The summed E-state index contributed by atoms with van der Waals surface area (Å²) in [6.45, 7) is 3.06. The molecule has 2 saturated heterocycles. The number of hydrogen-bond acceptors (Lipinski definition) is 5. The molecule has 4 rings (SSSR count). The van der Waals surface area contributed by atoms with Gasteiger partial charge in [0.2, 0.25) is 21.8 Å². The lowest BCUT2D eigenvalue weighted by Gasteiger charge is -2.34. The summed E-state index contributed by atoms with van der Waals surface area (Å²) in [4.78, 5) is 28.4. The van der Waals surface area contributed by atoms with Crippen molar-refractivity contribution in [3.63, 3.8) is 0 Å². The Morgan fingerprint density at radius 2 is 1.76 bits per heavy atom. The second-order valence-corrected chi connectivity index (χ2v) is 10.7. The molecule has 1 unspecified atom stereocenters. The zero-order valence-corrected chi connectivity index (χ0v) is 19.7. The smallest absolute Gasteiger partial charge is 0.227 e. The van der Waals surface area contributed by atoms with Crippen molar-refractivity contribution in [1.82, 2.24) is 14.5 Å². The molecule has 0 radical (unpaired) electrons. The largest absolute Gasteiger partial charge is 0.355 e. The van der Waals surface area contributed by atoms with E-state index in [9.17, 15) is 22.4 Å². The highest BCUT2D eigenvalue weighted by Gasteiger charge is 2.35. The summed E-state index contributed by atoms with van der Waals surface area (Å²) < 4.78 is 40.4. The third-order valence-corrected chi connectivity index (χ3v) is 8.12. The number of carbonyl (C=O) groups excluding carboxylic acids is 2. The lowest BCUT2D eigenvalue weighted by atomic mass is 10.1. The number of piperazine rings is 1. The molecule has 2 aromatic carbocycles. The maximum Gasteiger partial charge on any atom is 0.227 e. The molecule has 1 N–H and O–H groups in total. The van der Waals surface area contributed by atoms with Crippen molar-refractivity contribution >= 4 is 27.5 Å². The van der Waals surface area contributed by atoms with E-state index in [1.54, 1.807) is 6.07 Å². The number of halogens is 1. The third-order valence-electron chi connectivity index (χ3n) is 6.25. The van der Waals surface area contributed by atoms with Gasteiger partial charge < -0.3 is 10.2 Å². The monoisotopic (exact) mass is 488 g/mol. The molecule has 8 nitrogen and oxygen atoms in total. The van der Waals surface area contributed by atoms with Crippen molar-refractivity contribution in [2.45, 2.75) is 13.0 Å². The van der Waals surface area contributed by atoms with Crippen LogP contribution < -0.4 is 10.2 Å². The van der Waals surface area contributed by atoms with Crippen molar-refractivity contribution in [2.24, 2.45) is 5.92 Å². The number of anilines is 1. The van der Waals surface area contributed by atoms with E-state index >= 15 is 0 Å². The summed E-state index contributed by atoms with van der Waals surface area (Å²) in [5.74, 6) is -1.86. The van der Waals surface area contributed by atoms with Crippen LogP contribution in [0.2, 0.25) is 0 Å². The van der Waals surface area contributed by atoms with Crippen molar-refractivity contribution < 1.29 is 22.4 Å². The van der Waals surface area contributed by atoms with E-state index < -0.39 is 21.8 Å². The number of hydrogen-bond donors (Lipinski definition) is 1. The van der Waals surface area contributed by atoms with Crippen LogP contribution in [0.4, 0.5) is 10.1 Å². The second kappa shape index (κ2) is 10.6. The summed E-state index contributed by atoms with van der Waals surface area (Å²) in [5.41, 5.74) is 1.61. The fourth-order valence-corrected chi connectivity index (χ4v) is 5.70. The first-order valence-corrected chi connectivity index (χ1v) is 13.0. The number of carbonyl (C=O) groups is 2. The van der Waals surface area contributed by atoms with Gasteiger partial charge in [0.1, 0.15) is 5.82 Å². The highest BCUT2D eigenvalue weighted by molar-refractivity contribution is 7.89. The van der Waals surface area contributed by atoms with Crippen LogP contribution in [-0.2, 0) is 26.2 Å². The van der Waals surface area contributed by atoms with Gasteiger partial charge in [0.25, 0.3) is 0 Å². The number of rotatable bonds is 8. The van der Waals surface area contributed by atoms with E-state index in [0.29, 0.717) is 31.9 Å². The normalized spacial score (nSPS) is 20.0. The van der Waals surface area contributed by atoms with Gasteiger partial charge in [-0.25, -0.2) is 12.8 Å². The van der Waals surface area contributed by atoms with Gasteiger partial charge in [0.05, 0.1) is 11.7 Å². The van der Waals surface area contributed by atoms with Gasteiger partial charge in [-0.3, -0.25) is 14.5 Å². The number of nitrogens with one attached hydrogen (secondary N) is 1. The molecule has 1 atom stereocenters. The Morgan fingerprint density at radius 1 is 1.03 bits per heavy atom.